The first-order valence-corrected chi connectivity index (χ1v) is 9.39. The first-order chi connectivity index (χ1) is 9.18. The third kappa shape index (κ3) is 6.18. The molecule has 102 valence electrons. The van der Waals surface area contributed by atoms with E-state index in [0.29, 0.717) is 5.56 Å². The second kappa shape index (κ2) is 6.37. The molecule has 1 aromatic carbocycles. The summed E-state index contributed by atoms with van der Waals surface area (Å²) in [6.07, 6.45) is -4.32. The molecular formula is C16H13F3Si. The monoisotopic (exact) mass is 290 g/mol. The Morgan fingerprint density at radius 1 is 0.850 bits per heavy atom. The minimum Gasteiger partial charge on any atom is -0.166 e. The van der Waals surface area contributed by atoms with E-state index in [-0.39, 0.29) is 0 Å². The Labute approximate surface area is 118 Å². The maximum atomic E-state index is 12.3. The van der Waals surface area contributed by atoms with Crippen LogP contribution in [0.15, 0.2) is 24.3 Å². The highest BCUT2D eigenvalue weighted by atomic mass is 28.3. The lowest BCUT2D eigenvalue weighted by molar-refractivity contribution is -0.137. The van der Waals surface area contributed by atoms with Gasteiger partial charge in [-0.2, -0.15) is 13.2 Å². The summed E-state index contributed by atoms with van der Waals surface area (Å²) in [5.41, 5.74) is 2.87. The zero-order valence-electron chi connectivity index (χ0n) is 11.4. The standard InChI is InChI=1S/C16H13F3Si/c1-20(2,3)13-7-5-4-6-8-14-9-11-15(12-10-14)16(17,18)19/h9-12H,1-3H3. The van der Waals surface area contributed by atoms with Gasteiger partial charge in [0.1, 0.15) is 8.07 Å². The molecule has 1 rings (SSSR count). The summed E-state index contributed by atoms with van der Waals surface area (Å²) in [7, 11) is -1.42. The molecule has 0 bridgehead atoms. The van der Waals surface area contributed by atoms with Crippen molar-refractivity contribution in [3.05, 3.63) is 35.4 Å². The highest BCUT2D eigenvalue weighted by Crippen LogP contribution is 2.28. The maximum Gasteiger partial charge on any atom is 0.416 e. The van der Waals surface area contributed by atoms with E-state index in [2.05, 4.69) is 54.8 Å². The first-order valence-electron chi connectivity index (χ1n) is 5.89. The molecule has 20 heavy (non-hydrogen) atoms. The van der Waals surface area contributed by atoms with Crippen LogP contribution in [0.3, 0.4) is 0 Å². The van der Waals surface area contributed by atoms with Crippen LogP contribution in [0.1, 0.15) is 11.1 Å². The van der Waals surface area contributed by atoms with Gasteiger partial charge in [-0.3, -0.25) is 0 Å². The van der Waals surface area contributed by atoms with Crippen LogP contribution in [0, 0.1) is 35.1 Å². The summed E-state index contributed by atoms with van der Waals surface area (Å²) in [5.74, 6) is 13.2. The van der Waals surface area contributed by atoms with Crippen LogP contribution >= 0.6 is 0 Å². The number of alkyl halides is 3. The van der Waals surface area contributed by atoms with Gasteiger partial charge in [0.25, 0.3) is 0 Å². The van der Waals surface area contributed by atoms with Gasteiger partial charge >= 0.3 is 6.18 Å². The van der Waals surface area contributed by atoms with Gasteiger partial charge in [-0.15, -0.1) is 5.54 Å². The van der Waals surface area contributed by atoms with Gasteiger partial charge in [0.2, 0.25) is 0 Å². The molecule has 0 saturated heterocycles. The molecule has 0 radical (unpaired) electrons. The predicted molar refractivity (Wildman–Crippen MR) is 77.2 cm³/mol. The van der Waals surface area contributed by atoms with E-state index < -0.39 is 19.8 Å². The fourth-order valence-electron chi connectivity index (χ4n) is 1.13. The van der Waals surface area contributed by atoms with E-state index in [4.69, 9.17) is 0 Å². The van der Waals surface area contributed by atoms with Crippen LogP contribution in [-0.4, -0.2) is 8.07 Å². The van der Waals surface area contributed by atoms with Crippen LogP contribution < -0.4 is 0 Å². The van der Waals surface area contributed by atoms with Crippen LogP contribution in [0.5, 0.6) is 0 Å². The summed E-state index contributed by atoms with van der Waals surface area (Å²) >= 11 is 0. The van der Waals surface area contributed by atoms with Crippen molar-refractivity contribution in [1.82, 2.24) is 0 Å². The zero-order chi connectivity index (χ0) is 15.2. The maximum absolute atomic E-state index is 12.3. The van der Waals surface area contributed by atoms with Crippen molar-refractivity contribution >= 4 is 8.07 Å². The van der Waals surface area contributed by atoms with Gasteiger partial charge in [0, 0.05) is 5.56 Å². The normalized spacial score (nSPS) is 10.3. The number of halogens is 3. The molecule has 0 spiro atoms. The summed E-state index contributed by atoms with van der Waals surface area (Å²) in [6, 6.07) is 4.65. The molecule has 0 aromatic heterocycles. The van der Waals surface area contributed by atoms with E-state index in [1.54, 1.807) is 0 Å². The van der Waals surface area contributed by atoms with Crippen molar-refractivity contribution < 1.29 is 13.2 Å². The molecule has 1 aromatic rings. The van der Waals surface area contributed by atoms with Gasteiger partial charge in [0.15, 0.2) is 0 Å². The van der Waals surface area contributed by atoms with E-state index in [1.165, 1.54) is 12.1 Å². The average molecular weight is 290 g/mol. The first kappa shape index (κ1) is 16.0. The van der Waals surface area contributed by atoms with Crippen molar-refractivity contribution in [2.75, 3.05) is 0 Å². The molecule has 0 aliphatic rings. The van der Waals surface area contributed by atoms with Crippen molar-refractivity contribution in [2.24, 2.45) is 0 Å². The van der Waals surface area contributed by atoms with Crippen molar-refractivity contribution in [3.8, 4) is 35.1 Å². The molecule has 0 fully saturated rings. The predicted octanol–water partition coefficient (Wildman–Crippen LogP) is 3.94. The average Bonchev–Trinajstić information content (AvgIpc) is 2.32. The molecule has 0 amide bonds. The number of benzene rings is 1. The topological polar surface area (TPSA) is 0 Å². The van der Waals surface area contributed by atoms with E-state index in [9.17, 15) is 13.2 Å². The fraction of sp³-hybridized carbons (Fsp3) is 0.250. The van der Waals surface area contributed by atoms with Crippen LogP contribution in [0.2, 0.25) is 19.6 Å². The van der Waals surface area contributed by atoms with E-state index >= 15 is 0 Å². The molecule has 0 heterocycles. The highest BCUT2D eigenvalue weighted by molar-refractivity contribution is 6.83. The Hall–Kier alpha value is -2.09. The van der Waals surface area contributed by atoms with Gasteiger partial charge in [-0.1, -0.05) is 25.6 Å². The second-order valence-electron chi connectivity index (χ2n) is 5.08. The van der Waals surface area contributed by atoms with Crippen molar-refractivity contribution in [2.45, 2.75) is 25.8 Å². The molecule has 0 saturated carbocycles. The molecular weight excluding hydrogens is 277 g/mol. The fourth-order valence-corrected chi connectivity index (χ4v) is 1.56. The van der Waals surface area contributed by atoms with Gasteiger partial charge in [-0.25, -0.2) is 0 Å². The van der Waals surface area contributed by atoms with Crippen LogP contribution in [-0.2, 0) is 6.18 Å². The lowest BCUT2D eigenvalue weighted by Gasteiger charge is -2.05. The van der Waals surface area contributed by atoms with E-state index in [1.807, 2.05) is 0 Å². The SMILES string of the molecule is C[Si](C)(C)C#CC#CC#Cc1ccc(C(F)(F)F)cc1. The Bertz CT molecular complexity index is 642. The number of rotatable bonds is 0. The van der Waals surface area contributed by atoms with Gasteiger partial charge in [0.05, 0.1) is 5.56 Å². The largest absolute Gasteiger partial charge is 0.416 e. The Morgan fingerprint density at radius 3 is 1.90 bits per heavy atom. The third-order valence-electron chi connectivity index (χ3n) is 2.04. The summed E-state index contributed by atoms with van der Waals surface area (Å²) < 4.78 is 37.0. The number of hydrogen-bond acceptors (Lipinski definition) is 0. The minimum absolute atomic E-state index is 0.491. The quantitative estimate of drug-likeness (QED) is 0.501. The Kier molecular flexibility index (Phi) is 5.09. The smallest absolute Gasteiger partial charge is 0.166 e. The van der Waals surface area contributed by atoms with E-state index in [0.717, 1.165) is 12.1 Å². The lowest BCUT2D eigenvalue weighted by Crippen LogP contribution is -2.16. The minimum atomic E-state index is -4.32. The molecule has 0 N–H and O–H groups in total. The molecule has 4 heteroatoms. The number of hydrogen-bond donors (Lipinski definition) is 0. The second-order valence-corrected chi connectivity index (χ2v) is 9.83. The molecule has 0 aliphatic heterocycles. The zero-order valence-corrected chi connectivity index (χ0v) is 12.4. The molecule has 0 aliphatic carbocycles. The Balaban J connectivity index is 2.74. The van der Waals surface area contributed by atoms with Crippen molar-refractivity contribution in [3.63, 3.8) is 0 Å². The molecule has 0 unspecified atom stereocenters. The lowest BCUT2D eigenvalue weighted by atomic mass is 10.1. The summed E-state index contributed by atoms with van der Waals surface area (Å²) in [5, 5.41) is 0. The van der Waals surface area contributed by atoms with Crippen LogP contribution in [0.25, 0.3) is 0 Å². The summed E-state index contributed by atoms with van der Waals surface area (Å²) in [4.78, 5) is 0. The Morgan fingerprint density at radius 2 is 1.40 bits per heavy atom. The van der Waals surface area contributed by atoms with Crippen LogP contribution in [0.4, 0.5) is 13.2 Å². The van der Waals surface area contributed by atoms with Gasteiger partial charge < -0.3 is 0 Å². The third-order valence-corrected chi connectivity index (χ3v) is 2.92. The van der Waals surface area contributed by atoms with Gasteiger partial charge in [-0.05, 0) is 47.9 Å². The van der Waals surface area contributed by atoms with Crippen molar-refractivity contribution in [1.29, 1.82) is 0 Å². The highest BCUT2D eigenvalue weighted by Gasteiger charge is 2.29. The summed E-state index contributed by atoms with van der Waals surface area (Å²) in [6.45, 7) is 6.32. The molecule has 0 atom stereocenters. The molecule has 0 nitrogen and oxygen atoms in total.